The van der Waals surface area contributed by atoms with Gasteiger partial charge in [-0.25, -0.2) is 0 Å². The summed E-state index contributed by atoms with van der Waals surface area (Å²) < 4.78 is 0. The fourth-order valence-electron chi connectivity index (χ4n) is 3.10. The van der Waals surface area contributed by atoms with Gasteiger partial charge >= 0.3 is 0 Å². The highest BCUT2D eigenvalue weighted by Gasteiger charge is 2.21. The molecule has 1 saturated carbocycles. The third-order valence-corrected chi connectivity index (χ3v) is 4.51. The lowest BCUT2D eigenvalue weighted by atomic mass is 9.85. The third-order valence-electron chi connectivity index (χ3n) is 4.51. The number of benzene rings is 1. The van der Waals surface area contributed by atoms with E-state index in [4.69, 9.17) is 0 Å². The van der Waals surface area contributed by atoms with Crippen molar-refractivity contribution in [3.05, 3.63) is 35.9 Å². The van der Waals surface area contributed by atoms with Crippen LogP contribution >= 0.6 is 0 Å². The molecule has 0 bridgehead atoms. The van der Waals surface area contributed by atoms with Crippen LogP contribution in [0.1, 0.15) is 57.1 Å². The Kier molecular flexibility index (Phi) is 6.40. The molecule has 0 saturated heterocycles. The normalized spacial score (nSPS) is 19.1. The first-order chi connectivity index (χ1) is 10.2. The van der Waals surface area contributed by atoms with Crippen LogP contribution in [0.25, 0.3) is 0 Å². The summed E-state index contributed by atoms with van der Waals surface area (Å²) in [5.41, 5.74) is 0.913. The molecule has 0 unspecified atom stereocenters. The summed E-state index contributed by atoms with van der Waals surface area (Å²) in [6.07, 6.45) is 5.87. The molecular weight excluding hydrogens is 262 g/mol. The van der Waals surface area contributed by atoms with Gasteiger partial charge in [-0.2, -0.15) is 0 Å². The summed E-state index contributed by atoms with van der Waals surface area (Å²) in [6, 6.07) is 9.60. The summed E-state index contributed by atoms with van der Waals surface area (Å²) in [5, 5.41) is 13.5. The zero-order valence-electron chi connectivity index (χ0n) is 12.9. The van der Waals surface area contributed by atoms with Crippen molar-refractivity contribution in [2.45, 2.75) is 57.6 Å². The Balaban J connectivity index is 1.71. The minimum Gasteiger partial charge on any atom is -0.387 e. The highest BCUT2D eigenvalue weighted by Crippen LogP contribution is 2.25. The van der Waals surface area contributed by atoms with E-state index in [1.807, 2.05) is 37.3 Å². The van der Waals surface area contributed by atoms with E-state index < -0.39 is 6.10 Å². The van der Waals surface area contributed by atoms with Crippen molar-refractivity contribution >= 4 is 5.78 Å². The van der Waals surface area contributed by atoms with Gasteiger partial charge in [0, 0.05) is 24.9 Å². The quantitative estimate of drug-likeness (QED) is 0.810. The summed E-state index contributed by atoms with van der Waals surface area (Å²) in [6.45, 7) is 2.61. The van der Waals surface area contributed by atoms with Gasteiger partial charge in [0.1, 0.15) is 5.78 Å². The summed E-state index contributed by atoms with van der Waals surface area (Å²) >= 11 is 0. The molecule has 3 nitrogen and oxygen atoms in total. The van der Waals surface area contributed by atoms with E-state index in [-0.39, 0.29) is 12.0 Å². The fraction of sp³-hybridized carbons (Fsp3) is 0.611. The van der Waals surface area contributed by atoms with Crippen LogP contribution in [0.15, 0.2) is 30.3 Å². The summed E-state index contributed by atoms with van der Waals surface area (Å²) in [4.78, 5) is 12.1. The Hall–Kier alpha value is -1.19. The SMILES string of the molecule is C[C@H](NCCC(=O)C1CCCCC1)[C@H](O)c1ccccc1. The van der Waals surface area contributed by atoms with Crippen LogP contribution in [0.2, 0.25) is 0 Å². The predicted octanol–water partition coefficient (Wildman–Crippen LogP) is 3.24. The van der Waals surface area contributed by atoms with Gasteiger partial charge in [0.25, 0.3) is 0 Å². The number of hydrogen-bond donors (Lipinski definition) is 2. The fourth-order valence-corrected chi connectivity index (χ4v) is 3.10. The average Bonchev–Trinajstić information content (AvgIpc) is 2.55. The largest absolute Gasteiger partial charge is 0.387 e. The molecule has 21 heavy (non-hydrogen) atoms. The molecule has 1 fully saturated rings. The molecule has 0 aromatic heterocycles. The maximum absolute atomic E-state index is 12.1. The van der Waals surface area contributed by atoms with Gasteiger partial charge < -0.3 is 10.4 Å². The van der Waals surface area contributed by atoms with E-state index in [2.05, 4.69) is 5.32 Å². The van der Waals surface area contributed by atoms with Crippen LogP contribution in [0.5, 0.6) is 0 Å². The van der Waals surface area contributed by atoms with Gasteiger partial charge in [0.05, 0.1) is 6.10 Å². The minimum atomic E-state index is -0.531. The maximum atomic E-state index is 12.1. The van der Waals surface area contributed by atoms with Crippen LogP contribution in [-0.4, -0.2) is 23.5 Å². The van der Waals surface area contributed by atoms with Crippen molar-refractivity contribution in [3.63, 3.8) is 0 Å². The van der Waals surface area contributed by atoms with E-state index in [9.17, 15) is 9.90 Å². The predicted molar refractivity (Wildman–Crippen MR) is 85.1 cm³/mol. The van der Waals surface area contributed by atoms with Gasteiger partial charge in [-0.05, 0) is 25.3 Å². The zero-order valence-corrected chi connectivity index (χ0v) is 12.9. The van der Waals surface area contributed by atoms with Crippen molar-refractivity contribution in [2.24, 2.45) is 5.92 Å². The first-order valence-corrected chi connectivity index (χ1v) is 8.17. The second-order valence-electron chi connectivity index (χ2n) is 6.15. The molecule has 0 aliphatic heterocycles. The molecule has 1 aromatic carbocycles. The van der Waals surface area contributed by atoms with Crippen LogP contribution in [0.4, 0.5) is 0 Å². The molecule has 2 atom stereocenters. The molecule has 1 aromatic rings. The van der Waals surface area contributed by atoms with Crippen molar-refractivity contribution < 1.29 is 9.90 Å². The standard InChI is InChI=1S/C18H27NO2/c1-14(18(21)16-10-6-3-7-11-16)19-13-12-17(20)15-8-4-2-5-9-15/h3,6-7,10-11,14-15,18-19,21H,2,4-5,8-9,12-13H2,1H3/t14-,18-/m0/s1. The molecule has 0 amide bonds. The maximum Gasteiger partial charge on any atom is 0.137 e. The van der Waals surface area contributed by atoms with Gasteiger partial charge in [-0.15, -0.1) is 0 Å². The van der Waals surface area contributed by atoms with E-state index >= 15 is 0 Å². The Morgan fingerprint density at radius 2 is 1.90 bits per heavy atom. The molecule has 2 rings (SSSR count). The molecule has 1 aliphatic rings. The first-order valence-electron chi connectivity index (χ1n) is 8.17. The number of ketones is 1. The molecule has 2 N–H and O–H groups in total. The Labute approximate surface area is 127 Å². The molecule has 3 heteroatoms. The highest BCUT2D eigenvalue weighted by molar-refractivity contribution is 5.81. The first kappa shape index (κ1) is 16.2. The van der Waals surface area contributed by atoms with Gasteiger partial charge in [-0.1, -0.05) is 49.6 Å². The number of aliphatic hydroxyl groups is 1. The van der Waals surface area contributed by atoms with Gasteiger partial charge in [0.15, 0.2) is 0 Å². The molecule has 0 heterocycles. The van der Waals surface area contributed by atoms with E-state index in [1.54, 1.807) is 0 Å². The molecule has 1 aliphatic carbocycles. The lowest BCUT2D eigenvalue weighted by Gasteiger charge is -2.22. The van der Waals surface area contributed by atoms with Crippen LogP contribution in [0, 0.1) is 5.92 Å². The van der Waals surface area contributed by atoms with E-state index in [0.29, 0.717) is 18.7 Å². The zero-order chi connectivity index (χ0) is 15.1. The third kappa shape index (κ3) is 4.94. The van der Waals surface area contributed by atoms with Gasteiger partial charge in [0.2, 0.25) is 0 Å². The second-order valence-corrected chi connectivity index (χ2v) is 6.15. The number of hydrogen-bond acceptors (Lipinski definition) is 3. The monoisotopic (exact) mass is 289 g/mol. The molecule has 0 radical (unpaired) electrons. The lowest BCUT2D eigenvalue weighted by Crippen LogP contribution is -2.34. The van der Waals surface area contributed by atoms with Gasteiger partial charge in [-0.3, -0.25) is 4.79 Å². The summed E-state index contributed by atoms with van der Waals surface area (Å²) in [7, 11) is 0. The van der Waals surface area contributed by atoms with E-state index in [0.717, 1.165) is 18.4 Å². The molecular formula is C18H27NO2. The minimum absolute atomic E-state index is 0.0495. The Morgan fingerprint density at radius 3 is 2.57 bits per heavy atom. The Morgan fingerprint density at radius 1 is 1.24 bits per heavy atom. The highest BCUT2D eigenvalue weighted by atomic mass is 16.3. The topological polar surface area (TPSA) is 49.3 Å². The second kappa shape index (κ2) is 8.30. The number of carbonyl (C=O) groups is 1. The average molecular weight is 289 g/mol. The smallest absolute Gasteiger partial charge is 0.137 e. The number of rotatable bonds is 7. The van der Waals surface area contributed by atoms with Crippen molar-refractivity contribution in [1.29, 1.82) is 0 Å². The number of carbonyl (C=O) groups excluding carboxylic acids is 1. The van der Waals surface area contributed by atoms with Crippen molar-refractivity contribution in [3.8, 4) is 0 Å². The molecule has 0 spiro atoms. The number of nitrogens with one attached hydrogen (secondary N) is 1. The Bertz CT molecular complexity index is 426. The van der Waals surface area contributed by atoms with Crippen molar-refractivity contribution in [2.75, 3.05) is 6.54 Å². The summed E-state index contributed by atoms with van der Waals surface area (Å²) in [5.74, 6) is 0.679. The molecule has 116 valence electrons. The van der Waals surface area contributed by atoms with Crippen molar-refractivity contribution in [1.82, 2.24) is 5.32 Å². The number of Topliss-reactive ketones (excluding diaryl/α,β-unsaturated/α-hetero) is 1. The van der Waals surface area contributed by atoms with Crippen LogP contribution in [0.3, 0.4) is 0 Å². The number of aliphatic hydroxyl groups excluding tert-OH is 1. The van der Waals surface area contributed by atoms with Crippen LogP contribution < -0.4 is 5.32 Å². The lowest BCUT2D eigenvalue weighted by molar-refractivity contribution is -0.123. The van der Waals surface area contributed by atoms with Crippen LogP contribution in [-0.2, 0) is 4.79 Å². The van der Waals surface area contributed by atoms with E-state index in [1.165, 1.54) is 19.3 Å².